The number of sulfonamides is 1. The van der Waals surface area contributed by atoms with Gasteiger partial charge in [-0.15, -0.1) is 0 Å². The van der Waals surface area contributed by atoms with Crippen molar-refractivity contribution in [2.75, 3.05) is 13.1 Å². The summed E-state index contributed by atoms with van der Waals surface area (Å²) in [6.07, 6.45) is 3.62. The molecule has 2 rings (SSSR count). The van der Waals surface area contributed by atoms with Crippen LogP contribution in [0.25, 0.3) is 0 Å². The van der Waals surface area contributed by atoms with Gasteiger partial charge in [0.15, 0.2) is 0 Å². The predicted molar refractivity (Wildman–Crippen MR) is 85.8 cm³/mol. The molecule has 1 aliphatic heterocycles. The van der Waals surface area contributed by atoms with Gasteiger partial charge in [-0.25, -0.2) is 17.5 Å². The zero-order chi connectivity index (χ0) is 16.9. The summed E-state index contributed by atoms with van der Waals surface area (Å²) in [4.78, 5) is 13.8. The molecule has 0 saturated carbocycles. The highest BCUT2D eigenvalue weighted by atomic mass is 32.2. The summed E-state index contributed by atoms with van der Waals surface area (Å²) < 4.78 is 40.0. The van der Waals surface area contributed by atoms with Crippen molar-refractivity contribution in [1.29, 1.82) is 0 Å². The molecule has 128 valence electrons. The summed E-state index contributed by atoms with van der Waals surface area (Å²) in [5, 5.41) is 0. The topological polar surface area (TPSA) is 66.5 Å². The molecule has 5 nitrogen and oxygen atoms in total. The van der Waals surface area contributed by atoms with Gasteiger partial charge < -0.3 is 4.90 Å². The van der Waals surface area contributed by atoms with Gasteiger partial charge in [-0.2, -0.15) is 0 Å². The van der Waals surface area contributed by atoms with Gasteiger partial charge in [-0.05, 0) is 43.5 Å². The van der Waals surface area contributed by atoms with Crippen LogP contribution in [0.5, 0.6) is 0 Å². The van der Waals surface area contributed by atoms with Gasteiger partial charge in [0.05, 0.1) is 4.90 Å². The lowest BCUT2D eigenvalue weighted by molar-refractivity contribution is -0.132. The van der Waals surface area contributed by atoms with E-state index in [0.717, 1.165) is 25.0 Å². The van der Waals surface area contributed by atoms with Crippen molar-refractivity contribution in [1.82, 2.24) is 9.62 Å². The van der Waals surface area contributed by atoms with E-state index in [1.165, 1.54) is 12.1 Å². The van der Waals surface area contributed by atoms with Crippen LogP contribution in [0.1, 0.15) is 39.0 Å². The third kappa shape index (κ3) is 5.00. The molecule has 0 atom stereocenters. The van der Waals surface area contributed by atoms with Gasteiger partial charge in [-0.1, -0.05) is 13.3 Å². The van der Waals surface area contributed by atoms with Crippen molar-refractivity contribution >= 4 is 15.9 Å². The zero-order valence-corrected chi connectivity index (χ0v) is 14.1. The second kappa shape index (κ2) is 7.88. The number of carbonyl (C=O) groups is 1. The summed E-state index contributed by atoms with van der Waals surface area (Å²) >= 11 is 0. The zero-order valence-electron chi connectivity index (χ0n) is 13.3. The fraction of sp³-hybridized carbons (Fsp3) is 0.562. The minimum absolute atomic E-state index is 0.0559. The molecule has 1 N–H and O–H groups in total. The van der Waals surface area contributed by atoms with Gasteiger partial charge in [0.25, 0.3) is 0 Å². The second-order valence-electron chi connectivity index (χ2n) is 5.83. The van der Waals surface area contributed by atoms with E-state index in [0.29, 0.717) is 32.4 Å². The highest BCUT2D eigenvalue weighted by Gasteiger charge is 2.26. The van der Waals surface area contributed by atoms with Crippen molar-refractivity contribution < 1.29 is 17.6 Å². The number of carbonyl (C=O) groups excluding carboxylic acids is 1. The van der Waals surface area contributed by atoms with E-state index in [1.807, 2.05) is 6.92 Å². The van der Waals surface area contributed by atoms with E-state index >= 15 is 0 Å². The molecule has 1 saturated heterocycles. The van der Waals surface area contributed by atoms with Crippen molar-refractivity contribution in [3.05, 3.63) is 30.1 Å². The lowest BCUT2D eigenvalue weighted by Gasteiger charge is -2.32. The monoisotopic (exact) mass is 342 g/mol. The summed E-state index contributed by atoms with van der Waals surface area (Å²) in [6.45, 7) is 3.18. The molecule has 0 spiro atoms. The standard InChI is InChI=1S/C16H23FN2O3S/c1-2-3-4-16(20)19-11-9-14(10-12-19)18-23(21,22)15-7-5-13(17)6-8-15/h5-8,14,18H,2-4,9-12H2,1H3. The molecule has 1 fully saturated rings. The van der Waals surface area contributed by atoms with Crippen LogP contribution in [0, 0.1) is 5.82 Å². The molecule has 1 aliphatic rings. The molecule has 0 aliphatic carbocycles. The highest BCUT2D eigenvalue weighted by Crippen LogP contribution is 2.16. The average molecular weight is 342 g/mol. The van der Waals surface area contributed by atoms with Crippen LogP contribution >= 0.6 is 0 Å². The second-order valence-corrected chi connectivity index (χ2v) is 7.55. The van der Waals surface area contributed by atoms with Crippen molar-refractivity contribution in [2.24, 2.45) is 0 Å². The van der Waals surface area contributed by atoms with Crippen LogP contribution in [0.2, 0.25) is 0 Å². The smallest absolute Gasteiger partial charge is 0.240 e. The number of rotatable bonds is 6. The summed E-state index contributed by atoms with van der Waals surface area (Å²) in [5.74, 6) is -0.324. The third-order valence-electron chi connectivity index (χ3n) is 4.04. The lowest BCUT2D eigenvalue weighted by Crippen LogP contribution is -2.46. The summed E-state index contributed by atoms with van der Waals surface area (Å²) in [6, 6.07) is 4.57. The van der Waals surface area contributed by atoms with Crippen LogP contribution in [-0.2, 0) is 14.8 Å². The number of hydrogen-bond acceptors (Lipinski definition) is 3. The van der Waals surface area contributed by atoms with Gasteiger partial charge >= 0.3 is 0 Å². The first-order valence-electron chi connectivity index (χ1n) is 7.98. The van der Waals surface area contributed by atoms with E-state index in [4.69, 9.17) is 0 Å². The van der Waals surface area contributed by atoms with E-state index in [-0.39, 0.29) is 16.8 Å². The Hall–Kier alpha value is -1.47. The molecular weight excluding hydrogens is 319 g/mol. The Bertz CT molecular complexity index is 623. The number of hydrogen-bond donors (Lipinski definition) is 1. The fourth-order valence-electron chi connectivity index (χ4n) is 2.63. The Balaban J connectivity index is 1.88. The van der Waals surface area contributed by atoms with Gasteiger partial charge in [0.1, 0.15) is 5.82 Å². The summed E-state index contributed by atoms with van der Waals surface area (Å²) in [7, 11) is -3.65. The van der Waals surface area contributed by atoms with Crippen LogP contribution in [0.4, 0.5) is 4.39 Å². The number of piperidine rings is 1. The van der Waals surface area contributed by atoms with Crippen LogP contribution < -0.4 is 4.72 Å². The van der Waals surface area contributed by atoms with Gasteiger partial charge in [-0.3, -0.25) is 4.79 Å². The number of benzene rings is 1. The molecule has 1 aromatic rings. The molecule has 1 amide bonds. The summed E-state index contributed by atoms with van der Waals surface area (Å²) in [5.41, 5.74) is 0. The first kappa shape index (κ1) is 17.9. The number of nitrogens with zero attached hydrogens (tertiary/aromatic N) is 1. The third-order valence-corrected chi connectivity index (χ3v) is 5.57. The maximum atomic E-state index is 12.9. The lowest BCUT2D eigenvalue weighted by atomic mass is 10.1. The minimum Gasteiger partial charge on any atom is -0.343 e. The fourth-order valence-corrected chi connectivity index (χ4v) is 3.94. The largest absolute Gasteiger partial charge is 0.343 e. The first-order valence-corrected chi connectivity index (χ1v) is 9.46. The first-order chi connectivity index (χ1) is 10.9. The number of halogens is 1. The number of nitrogens with one attached hydrogen (secondary N) is 1. The number of likely N-dealkylation sites (tertiary alicyclic amines) is 1. The van der Waals surface area contributed by atoms with E-state index in [1.54, 1.807) is 4.90 Å². The number of amides is 1. The van der Waals surface area contributed by atoms with Crippen molar-refractivity contribution in [3.63, 3.8) is 0 Å². The Morgan fingerprint density at radius 2 is 1.87 bits per heavy atom. The predicted octanol–water partition coefficient (Wildman–Crippen LogP) is 2.29. The molecule has 23 heavy (non-hydrogen) atoms. The van der Waals surface area contributed by atoms with Crippen LogP contribution in [0.3, 0.4) is 0 Å². The highest BCUT2D eigenvalue weighted by molar-refractivity contribution is 7.89. The van der Waals surface area contributed by atoms with E-state index < -0.39 is 15.8 Å². The van der Waals surface area contributed by atoms with E-state index in [9.17, 15) is 17.6 Å². The SMILES string of the molecule is CCCCC(=O)N1CCC(NS(=O)(=O)c2ccc(F)cc2)CC1. The van der Waals surface area contributed by atoms with Crippen molar-refractivity contribution in [2.45, 2.75) is 50.0 Å². The molecule has 1 heterocycles. The Morgan fingerprint density at radius 3 is 2.43 bits per heavy atom. The molecule has 7 heteroatoms. The van der Waals surface area contributed by atoms with Crippen molar-refractivity contribution in [3.8, 4) is 0 Å². The molecule has 0 radical (unpaired) electrons. The molecule has 0 bridgehead atoms. The molecule has 0 unspecified atom stereocenters. The van der Waals surface area contributed by atoms with Crippen LogP contribution in [-0.4, -0.2) is 38.4 Å². The Morgan fingerprint density at radius 1 is 1.26 bits per heavy atom. The van der Waals surface area contributed by atoms with E-state index in [2.05, 4.69) is 4.72 Å². The van der Waals surface area contributed by atoms with Gasteiger partial charge in [0.2, 0.25) is 15.9 Å². The number of unbranched alkanes of at least 4 members (excludes halogenated alkanes) is 1. The van der Waals surface area contributed by atoms with Crippen LogP contribution in [0.15, 0.2) is 29.2 Å². The Labute approximate surface area is 136 Å². The van der Waals surface area contributed by atoms with Gasteiger partial charge in [0, 0.05) is 25.6 Å². The Kier molecular flexibility index (Phi) is 6.12. The average Bonchev–Trinajstić information content (AvgIpc) is 2.53. The molecule has 0 aromatic heterocycles. The maximum Gasteiger partial charge on any atom is 0.240 e. The minimum atomic E-state index is -3.65. The normalized spacial score (nSPS) is 16.5. The molecule has 1 aromatic carbocycles. The maximum absolute atomic E-state index is 12.9. The quantitative estimate of drug-likeness (QED) is 0.862. The molecular formula is C16H23FN2O3S.